The summed E-state index contributed by atoms with van der Waals surface area (Å²) in [5.41, 5.74) is 0.166. The van der Waals surface area contributed by atoms with E-state index in [2.05, 4.69) is 20.8 Å². The van der Waals surface area contributed by atoms with Gasteiger partial charge in [-0.25, -0.2) is 0 Å². The van der Waals surface area contributed by atoms with Gasteiger partial charge in [-0.1, -0.05) is 31.9 Å². The molecule has 0 aliphatic rings. The molecular weight excluding hydrogens is 228 g/mol. The van der Waals surface area contributed by atoms with Crippen molar-refractivity contribution in [2.24, 2.45) is 5.41 Å². The first-order valence-corrected chi connectivity index (χ1v) is 6.77. The molecule has 0 heterocycles. The highest BCUT2D eigenvalue weighted by Gasteiger charge is 2.11. The Kier molecular flexibility index (Phi) is 7.58. The van der Waals surface area contributed by atoms with Crippen molar-refractivity contribution in [3.8, 4) is 0 Å². The molecule has 0 N–H and O–H groups in total. The standard InChI is InChI=1S/C11H22O4S/c1-11(2,3)7-8-15-10(12)6-4-5-9-16(13)14/h4-9H2,1-3H3,(H,13,14)/p-1. The van der Waals surface area contributed by atoms with Crippen LogP contribution in [-0.2, 0) is 20.6 Å². The minimum atomic E-state index is -2.00. The monoisotopic (exact) mass is 249 g/mol. The van der Waals surface area contributed by atoms with Crippen LogP contribution in [0.3, 0.4) is 0 Å². The lowest BCUT2D eigenvalue weighted by Gasteiger charge is -2.17. The van der Waals surface area contributed by atoms with E-state index in [4.69, 9.17) is 4.74 Å². The predicted octanol–water partition coefficient (Wildman–Crippen LogP) is 2.02. The van der Waals surface area contributed by atoms with Crippen LogP contribution in [0.1, 0.15) is 46.5 Å². The maximum absolute atomic E-state index is 11.2. The summed E-state index contributed by atoms with van der Waals surface area (Å²) in [5.74, 6) is -0.115. The molecule has 0 bridgehead atoms. The summed E-state index contributed by atoms with van der Waals surface area (Å²) in [5, 5.41) is 0. The molecule has 1 unspecified atom stereocenters. The summed E-state index contributed by atoms with van der Waals surface area (Å²) >= 11 is -2.00. The van der Waals surface area contributed by atoms with E-state index in [0.717, 1.165) is 6.42 Å². The highest BCUT2D eigenvalue weighted by atomic mass is 32.2. The van der Waals surface area contributed by atoms with Gasteiger partial charge in [0.25, 0.3) is 0 Å². The topological polar surface area (TPSA) is 66.4 Å². The van der Waals surface area contributed by atoms with Gasteiger partial charge in [-0.05, 0) is 24.7 Å². The Bertz CT molecular complexity index is 233. The number of carbonyl (C=O) groups excluding carboxylic acids is 1. The van der Waals surface area contributed by atoms with Crippen LogP contribution in [0.2, 0.25) is 0 Å². The second-order valence-electron chi connectivity index (χ2n) is 5.00. The van der Waals surface area contributed by atoms with Crippen molar-refractivity contribution >= 4 is 17.0 Å². The normalized spacial score (nSPS) is 13.5. The number of rotatable bonds is 7. The molecule has 0 radical (unpaired) electrons. The molecule has 0 aromatic heterocycles. The molecule has 16 heavy (non-hydrogen) atoms. The summed E-state index contributed by atoms with van der Waals surface area (Å²) in [7, 11) is 0. The Labute approximate surface area is 100 Å². The lowest BCUT2D eigenvalue weighted by atomic mass is 9.93. The molecule has 0 fully saturated rings. The Balaban J connectivity index is 3.42. The van der Waals surface area contributed by atoms with E-state index >= 15 is 0 Å². The minimum Gasteiger partial charge on any atom is -0.772 e. The molecule has 0 aromatic rings. The van der Waals surface area contributed by atoms with Gasteiger partial charge in [-0.3, -0.25) is 9.00 Å². The minimum absolute atomic E-state index is 0.120. The average molecular weight is 249 g/mol. The molecule has 96 valence electrons. The molecule has 0 aromatic carbocycles. The summed E-state index contributed by atoms with van der Waals surface area (Å²) in [6, 6.07) is 0. The second kappa shape index (κ2) is 7.79. The average Bonchev–Trinajstić information content (AvgIpc) is 2.10. The Hall–Kier alpha value is -0.420. The molecular formula is C11H21O4S-. The first-order chi connectivity index (χ1) is 7.31. The first kappa shape index (κ1) is 15.6. The third-order valence-corrected chi connectivity index (χ3v) is 2.68. The van der Waals surface area contributed by atoms with Crippen molar-refractivity contribution in [2.75, 3.05) is 12.4 Å². The van der Waals surface area contributed by atoms with Crippen molar-refractivity contribution in [1.82, 2.24) is 0 Å². The molecule has 1 atom stereocenters. The molecule has 0 saturated carbocycles. The maximum Gasteiger partial charge on any atom is 0.305 e. The number of hydrogen-bond donors (Lipinski definition) is 0. The third-order valence-electron chi connectivity index (χ3n) is 2.06. The summed E-state index contributed by atoms with van der Waals surface area (Å²) < 4.78 is 25.5. The lowest BCUT2D eigenvalue weighted by molar-refractivity contribution is -0.144. The number of unbranched alkanes of at least 4 members (excludes halogenated alkanes) is 1. The lowest BCUT2D eigenvalue weighted by Crippen LogP contribution is -2.13. The van der Waals surface area contributed by atoms with E-state index in [1.54, 1.807) is 0 Å². The third kappa shape index (κ3) is 11.7. The second-order valence-corrected chi connectivity index (χ2v) is 6.01. The molecule has 0 aliphatic heterocycles. The van der Waals surface area contributed by atoms with Crippen LogP contribution in [0, 0.1) is 5.41 Å². The summed E-state index contributed by atoms with van der Waals surface area (Å²) in [4.78, 5) is 11.2. The zero-order valence-corrected chi connectivity index (χ0v) is 11.1. The van der Waals surface area contributed by atoms with Gasteiger partial charge < -0.3 is 9.29 Å². The van der Waals surface area contributed by atoms with Crippen LogP contribution in [-0.4, -0.2) is 27.1 Å². The van der Waals surface area contributed by atoms with Crippen LogP contribution in [0.15, 0.2) is 0 Å². The van der Waals surface area contributed by atoms with E-state index in [0.29, 0.717) is 25.9 Å². The van der Waals surface area contributed by atoms with Crippen molar-refractivity contribution in [3.63, 3.8) is 0 Å². The number of hydrogen-bond acceptors (Lipinski definition) is 4. The maximum atomic E-state index is 11.2. The number of esters is 1. The fourth-order valence-corrected chi connectivity index (χ4v) is 1.47. The smallest absolute Gasteiger partial charge is 0.305 e. The van der Waals surface area contributed by atoms with E-state index in [9.17, 15) is 13.6 Å². The van der Waals surface area contributed by atoms with Crippen LogP contribution in [0.25, 0.3) is 0 Å². The van der Waals surface area contributed by atoms with Gasteiger partial charge in [0, 0.05) is 12.2 Å². The van der Waals surface area contributed by atoms with Crippen molar-refractivity contribution in [1.29, 1.82) is 0 Å². The highest BCUT2D eigenvalue weighted by molar-refractivity contribution is 7.79. The largest absolute Gasteiger partial charge is 0.772 e. The molecule has 0 spiro atoms. The van der Waals surface area contributed by atoms with Crippen molar-refractivity contribution < 1.29 is 18.3 Å². The van der Waals surface area contributed by atoms with E-state index in [-0.39, 0.29) is 17.1 Å². The molecule has 0 saturated heterocycles. The fraction of sp³-hybridized carbons (Fsp3) is 0.909. The van der Waals surface area contributed by atoms with Crippen LogP contribution in [0.4, 0.5) is 0 Å². The van der Waals surface area contributed by atoms with Crippen molar-refractivity contribution in [3.05, 3.63) is 0 Å². The van der Waals surface area contributed by atoms with Crippen molar-refractivity contribution in [2.45, 2.75) is 46.5 Å². The Morgan fingerprint density at radius 3 is 2.44 bits per heavy atom. The van der Waals surface area contributed by atoms with Crippen LogP contribution in [0.5, 0.6) is 0 Å². The van der Waals surface area contributed by atoms with Gasteiger partial charge in [0.05, 0.1) is 6.61 Å². The summed E-state index contributed by atoms with van der Waals surface area (Å²) in [6.45, 7) is 6.70. The van der Waals surface area contributed by atoms with E-state index < -0.39 is 11.1 Å². The molecule has 5 heteroatoms. The number of ether oxygens (including phenoxy) is 1. The molecule has 0 rings (SSSR count). The van der Waals surface area contributed by atoms with Gasteiger partial charge in [0.1, 0.15) is 0 Å². The van der Waals surface area contributed by atoms with E-state index in [1.807, 2.05) is 0 Å². The zero-order chi connectivity index (χ0) is 12.6. The molecule has 0 amide bonds. The summed E-state index contributed by atoms with van der Waals surface area (Å²) in [6.07, 6.45) is 2.23. The quantitative estimate of drug-likeness (QED) is 0.393. The SMILES string of the molecule is CC(C)(C)CCOC(=O)CCCCS(=O)[O-]. The molecule has 4 nitrogen and oxygen atoms in total. The first-order valence-electron chi connectivity index (χ1n) is 5.53. The Morgan fingerprint density at radius 1 is 1.31 bits per heavy atom. The van der Waals surface area contributed by atoms with Gasteiger partial charge in [0.15, 0.2) is 0 Å². The van der Waals surface area contributed by atoms with Crippen LogP contribution < -0.4 is 0 Å². The highest BCUT2D eigenvalue weighted by Crippen LogP contribution is 2.18. The fourth-order valence-electron chi connectivity index (χ4n) is 1.03. The molecule has 0 aliphatic carbocycles. The van der Waals surface area contributed by atoms with Gasteiger partial charge in [0.2, 0.25) is 0 Å². The van der Waals surface area contributed by atoms with Gasteiger partial charge in [-0.2, -0.15) is 0 Å². The number of carbonyl (C=O) groups is 1. The Morgan fingerprint density at radius 2 is 1.94 bits per heavy atom. The van der Waals surface area contributed by atoms with Gasteiger partial charge in [-0.15, -0.1) is 0 Å². The van der Waals surface area contributed by atoms with E-state index in [1.165, 1.54) is 0 Å². The van der Waals surface area contributed by atoms with Crippen LogP contribution >= 0.6 is 0 Å². The predicted molar refractivity (Wildman–Crippen MR) is 62.7 cm³/mol. The van der Waals surface area contributed by atoms with Gasteiger partial charge >= 0.3 is 5.97 Å². The zero-order valence-electron chi connectivity index (χ0n) is 10.3.